The molecule has 3 nitrogen and oxygen atoms in total. The molecule has 0 atom stereocenters. The summed E-state index contributed by atoms with van der Waals surface area (Å²) in [5, 5.41) is 3.30. The molecule has 1 aromatic heterocycles. The molecule has 5 heteroatoms. The first kappa shape index (κ1) is 15.5. The molecule has 0 aliphatic heterocycles. The molecule has 0 aliphatic rings. The monoisotopic (exact) mass is 295 g/mol. The van der Waals surface area contributed by atoms with Gasteiger partial charge in [0.05, 0.1) is 6.26 Å². The van der Waals surface area contributed by atoms with Crippen LogP contribution in [0.1, 0.15) is 25.2 Å². The third kappa shape index (κ3) is 4.86. The minimum Gasteiger partial charge on any atom is -0.483 e. The lowest BCUT2D eigenvalue weighted by molar-refractivity contribution is 0.258. The Bertz CT molecular complexity index is 581. The second kappa shape index (κ2) is 7.22. The maximum Gasteiger partial charge on any atom is 0.167 e. The molecule has 0 spiro atoms. The van der Waals surface area contributed by atoms with E-state index in [0.717, 1.165) is 24.2 Å². The molecular formula is C16H19F2NO2. The van der Waals surface area contributed by atoms with Crippen molar-refractivity contribution in [2.75, 3.05) is 6.54 Å². The van der Waals surface area contributed by atoms with Gasteiger partial charge in [0.15, 0.2) is 11.6 Å². The summed E-state index contributed by atoms with van der Waals surface area (Å²) < 4.78 is 36.8. The lowest BCUT2D eigenvalue weighted by Crippen LogP contribution is -2.18. The van der Waals surface area contributed by atoms with Gasteiger partial charge in [-0.1, -0.05) is 13.8 Å². The number of rotatable bonds is 7. The van der Waals surface area contributed by atoms with Crippen LogP contribution in [-0.4, -0.2) is 6.54 Å². The number of furan rings is 1. The molecule has 0 amide bonds. The van der Waals surface area contributed by atoms with Gasteiger partial charge in [-0.25, -0.2) is 8.78 Å². The van der Waals surface area contributed by atoms with Crippen LogP contribution in [0.3, 0.4) is 0 Å². The van der Waals surface area contributed by atoms with E-state index in [4.69, 9.17) is 9.15 Å². The standard InChI is InChI=1S/C16H19F2NO2/c1-11(2)7-19-8-12-5-14(20-9-12)10-21-16-4-3-13(17)6-15(16)18/h3-6,9,11,19H,7-8,10H2,1-2H3. The van der Waals surface area contributed by atoms with Crippen molar-refractivity contribution in [3.05, 3.63) is 53.5 Å². The van der Waals surface area contributed by atoms with Crippen LogP contribution in [0.4, 0.5) is 8.78 Å². The fourth-order valence-corrected chi connectivity index (χ4v) is 1.84. The number of ether oxygens (including phenoxy) is 1. The van der Waals surface area contributed by atoms with Crippen molar-refractivity contribution in [3.8, 4) is 5.75 Å². The van der Waals surface area contributed by atoms with Crippen LogP contribution in [-0.2, 0) is 13.2 Å². The van der Waals surface area contributed by atoms with E-state index >= 15 is 0 Å². The van der Waals surface area contributed by atoms with E-state index in [9.17, 15) is 8.78 Å². The van der Waals surface area contributed by atoms with Crippen LogP contribution in [0.2, 0.25) is 0 Å². The zero-order chi connectivity index (χ0) is 15.2. The van der Waals surface area contributed by atoms with Crippen LogP contribution < -0.4 is 10.1 Å². The van der Waals surface area contributed by atoms with Gasteiger partial charge < -0.3 is 14.5 Å². The highest BCUT2D eigenvalue weighted by Gasteiger charge is 2.07. The Labute approximate surface area is 122 Å². The minimum absolute atomic E-state index is 0.00674. The van der Waals surface area contributed by atoms with Crippen LogP contribution in [0.15, 0.2) is 34.9 Å². The average Bonchev–Trinajstić information content (AvgIpc) is 2.85. The molecule has 0 bridgehead atoms. The first-order valence-electron chi connectivity index (χ1n) is 6.89. The van der Waals surface area contributed by atoms with Gasteiger partial charge >= 0.3 is 0 Å². The first-order chi connectivity index (χ1) is 10.0. The van der Waals surface area contributed by atoms with E-state index in [-0.39, 0.29) is 12.4 Å². The molecule has 1 aromatic carbocycles. The Morgan fingerprint density at radius 1 is 1.24 bits per heavy atom. The lowest BCUT2D eigenvalue weighted by atomic mass is 10.2. The van der Waals surface area contributed by atoms with Gasteiger partial charge in [-0.3, -0.25) is 0 Å². The highest BCUT2D eigenvalue weighted by Crippen LogP contribution is 2.19. The Morgan fingerprint density at radius 2 is 2.05 bits per heavy atom. The number of hydrogen-bond donors (Lipinski definition) is 1. The van der Waals surface area contributed by atoms with Gasteiger partial charge in [0.2, 0.25) is 0 Å². The normalized spacial score (nSPS) is 11.1. The molecule has 0 fully saturated rings. The fraction of sp³-hybridized carbons (Fsp3) is 0.375. The molecule has 0 radical (unpaired) electrons. The van der Waals surface area contributed by atoms with Crippen molar-refractivity contribution in [2.24, 2.45) is 5.92 Å². The predicted octanol–water partition coefficient (Wildman–Crippen LogP) is 3.88. The van der Waals surface area contributed by atoms with E-state index in [0.29, 0.717) is 18.2 Å². The summed E-state index contributed by atoms with van der Waals surface area (Å²) in [6.45, 7) is 6.02. The number of benzene rings is 1. The van der Waals surface area contributed by atoms with E-state index in [1.807, 2.05) is 6.07 Å². The smallest absolute Gasteiger partial charge is 0.167 e. The summed E-state index contributed by atoms with van der Waals surface area (Å²) in [7, 11) is 0. The lowest BCUT2D eigenvalue weighted by Gasteiger charge is -2.05. The van der Waals surface area contributed by atoms with Crippen molar-refractivity contribution in [3.63, 3.8) is 0 Å². The molecule has 114 valence electrons. The molecule has 1 N–H and O–H groups in total. The van der Waals surface area contributed by atoms with E-state index in [1.54, 1.807) is 6.26 Å². The quantitative estimate of drug-likeness (QED) is 0.841. The topological polar surface area (TPSA) is 34.4 Å². The molecule has 2 rings (SSSR count). The largest absolute Gasteiger partial charge is 0.483 e. The molecule has 0 saturated carbocycles. The van der Waals surface area contributed by atoms with Gasteiger partial charge in [-0.05, 0) is 30.7 Å². The predicted molar refractivity (Wildman–Crippen MR) is 75.9 cm³/mol. The Balaban J connectivity index is 1.85. The molecule has 0 aliphatic carbocycles. The summed E-state index contributed by atoms with van der Waals surface area (Å²) >= 11 is 0. The van der Waals surface area contributed by atoms with Gasteiger partial charge in [0, 0.05) is 18.2 Å². The molecule has 21 heavy (non-hydrogen) atoms. The van der Waals surface area contributed by atoms with Crippen molar-refractivity contribution < 1.29 is 17.9 Å². The maximum atomic E-state index is 13.4. The molecule has 0 saturated heterocycles. The zero-order valence-corrected chi connectivity index (χ0v) is 12.2. The highest BCUT2D eigenvalue weighted by atomic mass is 19.1. The highest BCUT2D eigenvalue weighted by molar-refractivity contribution is 5.25. The van der Waals surface area contributed by atoms with Crippen LogP contribution >= 0.6 is 0 Å². The van der Waals surface area contributed by atoms with Crippen molar-refractivity contribution >= 4 is 0 Å². The van der Waals surface area contributed by atoms with Gasteiger partial charge in [0.1, 0.15) is 18.2 Å². The van der Waals surface area contributed by atoms with Crippen molar-refractivity contribution in [1.82, 2.24) is 5.32 Å². The van der Waals surface area contributed by atoms with Gasteiger partial charge in [0.25, 0.3) is 0 Å². The summed E-state index contributed by atoms with van der Waals surface area (Å²) in [5.41, 5.74) is 1.01. The second-order valence-corrected chi connectivity index (χ2v) is 5.31. The van der Waals surface area contributed by atoms with E-state index in [2.05, 4.69) is 19.2 Å². The number of halogens is 2. The number of hydrogen-bond acceptors (Lipinski definition) is 3. The van der Waals surface area contributed by atoms with Crippen LogP contribution in [0, 0.1) is 17.6 Å². The fourth-order valence-electron chi connectivity index (χ4n) is 1.84. The zero-order valence-electron chi connectivity index (χ0n) is 12.2. The number of nitrogens with one attached hydrogen (secondary N) is 1. The first-order valence-corrected chi connectivity index (χ1v) is 6.89. The molecule has 0 unspecified atom stereocenters. The minimum atomic E-state index is -0.722. The molecular weight excluding hydrogens is 276 g/mol. The third-order valence-corrected chi connectivity index (χ3v) is 2.85. The summed E-state index contributed by atoms with van der Waals surface area (Å²) in [6, 6.07) is 5.06. The Kier molecular flexibility index (Phi) is 5.33. The molecule has 2 aromatic rings. The average molecular weight is 295 g/mol. The maximum absolute atomic E-state index is 13.4. The van der Waals surface area contributed by atoms with E-state index in [1.165, 1.54) is 6.07 Å². The van der Waals surface area contributed by atoms with Gasteiger partial charge in [-0.2, -0.15) is 0 Å². The summed E-state index contributed by atoms with van der Waals surface area (Å²) in [6.07, 6.45) is 1.65. The summed E-state index contributed by atoms with van der Waals surface area (Å²) in [4.78, 5) is 0. The van der Waals surface area contributed by atoms with Crippen molar-refractivity contribution in [2.45, 2.75) is 27.0 Å². The second-order valence-electron chi connectivity index (χ2n) is 5.31. The van der Waals surface area contributed by atoms with Crippen molar-refractivity contribution in [1.29, 1.82) is 0 Å². The van der Waals surface area contributed by atoms with Gasteiger partial charge in [-0.15, -0.1) is 0 Å². The SMILES string of the molecule is CC(C)CNCc1coc(COc2ccc(F)cc2F)c1. The molecule has 1 heterocycles. The Morgan fingerprint density at radius 3 is 2.76 bits per heavy atom. The third-order valence-electron chi connectivity index (χ3n) is 2.85. The van der Waals surface area contributed by atoms with Crippen LogP contribution in [0.25, 0.3) is 0 Å². The summed E-state index contributed by atoms with van der Waals surface area (Å²) in [5.74, 6) is -0.162. The van der Waals surface area contributed by atoms with E-state index < -0.39 is 11.6 Å². The Hall–Kier alpha value is -1.88. The van der Waals surface area contributed by atoms with Crippen LogP contribution in [0.5, 0.6) is 5.75 Å².